The average molecular weight is 446 g/mol. The van der Waals surface area contributed by atoms with Crippen molar-refractivity contribution < 1.29 is 9.72 Å². The van der Waals surface area contributed by atoms with Crippen LogP contribution in [0.3, 0.4) is 0 Å². The zero-order valence-electron chi connectivity index (χ0n) is 17.3. The van der Waals surface area contributed by atoms with Crippen molar-refractivity contribution in [2.75, 3.05) is 69.2 Å². The number of carbonyl (C=O) groups is 1. The van der Waals surface area contributed by atoms with Gasteiger partial charge in [0.25, 0.3) is 11.6 Å². The zero-order chi connectivity index (χ0) is 22.0. The molecule has 2 aliphatic rings. The number of anilines is 2. The first-order chi connectivity index (χ1) is 14.9. The number of nitro benzene ring substituents is 1. The highest BCUT2D eigenvalue weighted by molar-refractivity contribution is 6.32. The van der Waals surface area contributed by atoms with Crippen molar-refractivity contribution in [2.45, 2.75) is 0 Å². The molecule has 2 fully saturated rings. The molecule has 0 radical (unpaired) electrons. The van der Waals surface area contributed by atoms with Crippen molar-refractivity contribution >= 4 is 34.8 Å². The molecule has 11 heteroatoms. The molecule has 0 aliphatic carbocycles. The quantitative estimate of drug-likeness (QED) is 0.518. The summed E-state index contributed by atoms with van der Waals surface area (Å²) in [5.41, 5.74) is 0.00254. The maximum atomic E-state index is 12.8. The van der Waals surface area contributed by atoms with Crippen molar-refractivity contribution in [2.24, 2.45) is 0 Å². The van der Waals surface area contributed by atoms with Crippen LogP contribution < -0.4 is 9.80 Å². The molecule has 3 heterocycles. The molecule has 2 aromatic rings. The average Bonchev–Trinajstić information content (AvgIpc) is 2.79. The number of hydrogen-bond donors (Lipinski definition) is 0. The molecule has 164 valence electrons. The van der Waals surface area contributed by atoms with Crippen LogP contribution in [-0.2, 0) is 0 Å². The molecule has 0 bridgehead atoms. The number of likely N-dealkylation sites (N-methyl/N-ethyl adjacent to an activating group) is 1. The van der Waals surface area contributed by atoms with Crippen molar-refractivity contribution in [3.63, 3.8) is 0 Å². The lowest BCUT2D eigenvalue weighted by Gasteiger charge is -2.35. The molecule has 0 spiro atoms. The van der Waals surface area contributed by atoms with Gasteiger partial charge in [0.1, 0.15) is 5.02 Å². The first-order valence-electron chi connectivity index (χ1n) is 10.2. The van der Waals surface area contributed by atoms with Crippen molar-refractivity contribution in [1.82, 2.24) is 20.0 Å². The summed E-state index contributed by atoms with van der Waals surface area (Å²) in [5.74, 6) is 1.43. The maximum absolute atomic E-state index is 12.8. The Bertz CT molecular complexity index is 956. The summed E-state index contributed by atoms with van der Waals surface area (Å²) >= 11 is 5.84. The minimum atomic E-state index is -0.582. The van der Waals surface area contributed by atoms with Gasteiger partial charge in [-0.1, -0.05) is 11.6 Å². The maximum Gasteiger partial charge on any atom is 0.288 e. The molecule has 1 aromatic heterocycles. The number of rotatable bonds is 4. The number of amides is 1. The predicted octanol–water partition coefficient (Wildman–Crippen LogP) is 1.75. The van der Waals surface area contributed by atoms with Crippen LogP contribution in [0.5, 0.6) is 0 Å². The summed E-state index contributed by atoms with van der Waals surface area (Å²) in [5, 5.41) is 19.9. The summed E-state index contributed by atoms with van der Waals surface area (Å²) in [6.07, 6.45) is 0. The molecule has 0 atom stereocenters. The number of carbonyl (C=O) groups excluding carboxylic acids is 1. The highest BCUT2D eigenvalue weighted by atomic mass is 35.5. The number of hydrogen-bond acceptors (Lipinski definition) is 8. The fraction of sp³-hybridized carbons (Fsp3) is 0.450. The fourth-order valence-corrected chi connectivity index (χ4v) is 3.98. The third-order valence-electron chi connectivity index (χ3n) is 5.74. The third kappa shape index (κ3) is 4.70. The molecular weight excluding hydrogens is 422 g/mol. The van der Waals surface area contributed by atoms with E-state index in [4.69, 9.17) is 11.6 Å². The van der Waals surface area contributed by atoms with E-state index < -0.39 is 4.92 Å². The Morgan fingerprint density at radius 3 is 2.00 bits per heavy atom. The molecule has 0 saturated carbocycles. The van der Waals surface area contributed by atoms with Gasteiger partial charge in [0.05, 0.1) is 4.92 Å². The van der Waals surface area contributed by atoms with E-state index in [1.54, 1.807) is 4.90 Å². The van der Waals surface area contributed by atoms with Gasteiger partial charge in [-0.2, -0.15) is 0 Å². The number of halogens is 1. The van der Waals surface area contributed by atoms with Crippen LogP contribution in [0.2, 0.25) is 5.02 Å². The highest BCUT2D eigenvalue weighted by Crippen LogP contribution is 2.26. The van der Waals surface area contributed by atoms with Gasteiger partial charge in [0.2, 0.25) is 0 Å². The normalized spacial score (nSPS) is 17.7. The summed E-state index contributed by atoms with van der Waals surface area (Å²) < 4.78 is 0. The molecule has 1 aromatic carbocycles. The summed E-state index contributed by atoms with van der Waals surface area (Å²) in [6, 6.07) is 8.12. The van der Waals surface area contributed by atoms with Crippen LogP contribution in [0, 0.1) is 10.1 Å². The van der Waals surface area contributed by atoms with E-state index in [0.717, 1.165) is 37.8 Å². The second-order valence-corrected chi connectivity index (χ2v) is 8.15. The van der Waals surface area contributed by atoms with E-state index in [9.17, 15) is 14.9 Å². The number of aromatic nitrogens is 2. The van der Waals surface area contributed by atoms with Gasteiger partial charge in [-0.3, -0.25) is 14.9 Å². The monoisotopic (exact) mass is 445 g/mol. The predicted molar refractivity (Wildman–Crippen MR) is 118 cm³/mol. The van der Waals surface area contributed by atoms with Crippen molar-refractivity contribution in [3.8, 4) is 0 Å². The molecule has 4 rings (SSSR count). The number of benzene rings is 1. The number of piperazine rings is 2. The van der Waals surface area contributed by atoms with Gasteiger partial charge in [-0.15, -0.1) is 10.2 Å². The smallest absolute Gasteiger partial charge is 0.288 e. The topological polar surface area (TPSA) is 99.0 Å². The minimum absolute atomic E-state index is 0.0185. The highest BCUT2D eigenvalue weighted by Gasteiger charge is 2.25. The largest absolute Gasteiger partial charge is 0.353 e. The van der Waals surface area contributed by atoms with Gasteiger partial charge < -0.3 is 19.6 Å². The first kappa shape index (κ1) is 21.3. The van der Waals surface area contributed by atoms with Crippen LogP contribution in [0.4, 0.5) is 17.3 Å². The van der Waals surface area contributed by atoms with E-state index in [-0.39, 0.29) is 22.2 Å². The molecular formula is C20H24ClN7O3. The van der Waals surface area contributed by atoms with Crippen LogP contribution in [-0.4, -0.2) is 90.2 Å². The van der Waals surface area contributed by atoms with E-state index >= 15 is 0 Å². The Morgan fingerprint density at radius 2 is 1.48 bits per heavy atom. The second kappa shape index (κ2) is 9.03. The van der Waals surface area contributed by atoms with Gasteiger partial charge in [-0.05, 0) is 31.3 Å². The van der Waals surface area contributed by atoms with Crippen molar-refractivity contribution in [1.29, 1.82) is 0 Å². The van der Waals surface area contributed by atoms with E-state index in [2.05, 4.69) is 31.9 Å². The third-order valence-corrected chi connectivity index (χ3v) is 6.06. The number of nitrogens with zero attached hydrogens (tertiary/aromatic N) is 7. The Kier molecular flexibility index (Phi) is 6.19. The molecule has 2 aliphatic heterocycles. The van der Waals surface area contributed by atoms with Gasteiger partial charge in [0.15, 0.2) is 11.6 Å². The molecule has 0 N–H and O–H groups in total. The molecule has 0 unspecified atom stereocenters. The Balaban J connectivity index is 1.36. The van der Waals surface area contributed by atoms with Crippen LogP contribution >= 0.6 is 11.6 Å². The molecule has 1 amide bonds. The minimum Gasteiger partial charge on any atom is -0.353 e. The van der Waals surface area contributed by atoms with Crippen molar-refractivity contribution in [3.05, 3.63) is 51.0 Å². The number of nitro groups is 1. The summed E-state index contributed by atoms with van der Waals surface area (Å²) in [7, 11) is 2.12. The van der Waals surface area contributed by atoms with E-state index in [0.29, 0.717) is 26.2 Å². The van der Waals surface area contributed by atoms with Gasteiger partial charge in [0, 0.05) is 64.0 Å². The Labute approximate surface area is 185 Å². The fourth-order valence-electron chi connectivity index (χ4n) is 3.80. The zero-order valence-corrected chi connectivity index (χ0v) is 18.0. The van der Waals surface area contributed by atoms with Crippen LogP contribution in [0.25, 0.3) is 0 Å². The lowest BCUT2D eigenvalue weighted by Crippen LogP contribution is -2.49. The van der Waals surface area contributed by atoms with E-state index in [1.165, 1.54) is 18.2 Å². The summed E-state index contributed by atoms with van der Waals surface area (Å²) in [4.78, 5) is 31.6. The van der Waals surface area contributed by atoms with E-state index in [1.807, 2.05) is 12.1 Å². The van der Waals surface area contributed by atoms with Gasteiger partial charge >= 0.3 is 0 Å². The second-order valence-electron chi connectivity index (χ2n) is 7.74. The van der Waals surface area contributed by atoms with Crippen LogP contribution in [0.1, 0.15) is 10.4 Å². The first-order valence-corrected chi connectivity index (χ1v) is 10.6. The lowest BCUT2D eigenvalue weighted by molar-refractivity contribution is -0.384. The molecule has 31 heavy (non-hydrogen) atoms. The molecule has 2 saturated heterocycles. The Morgan fingerprint density at radius 1 is 0.935 bits per heavy atom. The summed E-state index contributed by atoms with van der Waals surface area (Å²) in [6.45, 7) is 6.12. The lowest BCUT2D eigenvalue weighted by atomic mass is 10.1. The molecule has 10 nitrogen and oxygen atoms in total. The van der Waals surface area contributed by atoms with Gasteiger partial charge in [-0.25, -0.2) is 0 Å². The van der Waals surface area contributed by atoms with Crippen LogP contribution in [0.15, 0.2) is 30.3 Å². The SMILES string of the molecule is CN1CCN(c2ccc(N3CCN(C(=O)c4ccc(Cl)c([N+](=O)[O-])c4)CC3)nn2)CC1. The standard InChI is InChI=1S/C20H24ClN7O3/c1-24-6-8-25(9-7-24)18-4-5-19(23-22-18)26-10-12-27(13-11-26)20(29)15-2-3-16(21)17(14-15)28(30)31/h2-5,14H,6-13H2,1H3. The Hall–Kier alpha value is -2.98.